The number of benzene rings is 2. The summed E-state index contributed by atoms with van der Waals surface area (Å²) >= 11 is 0. The summed E-state index contributed by atoms with van der Waals surface area (Å²) in [6.45, 7) is 1.04. The van der Waals surface area contributed by atoms with Crippen LogP contribution in [-0.2, 0) is 4.79 Å². The van der Waals surface area contributed by atoms with Crippen molar-refractivity contribution >= 4 is 17.5 Å². The smallest absolute Gasteiger partial charge is 0.251 e. The van der Waals surface area contributed by atoms with E-state index in [1.54, 1.807) is 43.4 Å². The van der Waals surface area contributed by atoms with Gasteiger partial charge in [0, 0.05) is 36.7 Å². The molecule has 136 valence electrons. The molecule has 2 amide bonds. The summed E-state index contributed by atoms with van der Waals surface area (Å²) in [7, 11) is 3.17. The molecule has 1 unspecified atom stereocenters. The van der Waals surface area contributed by atoms with Crippen LogP contribution in [0.25, 0.3) is 0 Å². The third kappa shape index (κ3) is 3.96. The van der Waals surface area contributed by atoms with Gasteiger partial charge in [-0.15, -0.1) is 0 Å². The third-order valence-electron chi connectivity index (χ3n) is 4.47. The number of anilines is 1. The number of methoxy groups -OCH3 is 2. The van der Waals surface area contributed by atoms with Crippen LogP contribution in [0, 0.1) is 5.92 Å². The van der Waals surface area contributed by atoms with Crippen molar-refractivity contribution in [1.29, 1.82) is 0 Å². The molecule has 0 spiro atoms. The van der Waals surface area contributed by atoms with Crippen LogP contribution in [0.15, 0.2) is 48.5 Å². The van der Waals surface area contributed by atoms with E-state index in [1.165, 1.54) is 0 Å². The van der Waals surface area contributed by atoms with E-state index in [0.717, 1.165) is 11.4 Å². The quantitative estimate of drug-likeness (QED) is 0.865. The second-order valence-electron chi connectivity index (χ2n) is 6.21. The fourth-order valence-corrected chi connectivity index (χ4v) is 3.03. The van der Waals surface area contributed by atoms with Gasteiger partial charge in [0.2, 0.25) is 5.91 Å². The summed E-state index contributed by atoms with van der Waals surface area (Å²) in [4.78, 5) is 26.3. The number of carbonyl (C=O) groups is 2. The standard InChI is InChI=1S/C20H22N2O4/c1-25-17-8-6-16(7-9-17)22-13-14(10-19(22)23)12-21-20(24)15-4-3-5-18(11-15)26-2/h3-9,11,14H,10,12-13H2,1-2H3,(H,21,24). The second-order valence-corrected chi connectivity index (χ2v) is 6.21. The number of ether oxygens (including phenoxy) is 2. The first-order valence-corrected chi connectivity index (χ1v) is 8.47. The molecule has 0 aliphatic carbocycles. The van der Waals surface area contributed by atoms with Gasteiger partial charge in [-0.3, -0.25) is 9.59 Å². The number of hydrogen-bond acceptors (Lipinski definition) is 4. The highest BCUT2D eigenvalue weighted by atomic mass is 16.5. The van der Waals surface area contributed by atoms with Crippen molar-refractivity contribution in [2.75, 3.05) is 32.2 Å². The van der Waals surface area contributed by atoms with Crippen LogP contribution in [0.1, 0.15) is 16.8 Å². The zero-order chi connectivity index (χ0) is 18.5. The molecule has 1 aliphatic rings. The SMILES string of the molecule is COc1ccc(N2CC(CNC(=O)c3cccc(OC)c3)CC2=O)cc1. The summed E-state index contributed by atoms with van der Waals surface area (Å²) < 4.78 is 10.3. The van der Waals surface area contributed by atoms with Crippen molar-refractivity contribution < 1.29 is 19.1 Å². The Hall–Kier alpha value is -3.02. The summed E-state index contributed by atoms with van der Waals surface area (Å²) in [5.41, 5.74) is 1.39. The van der Waals surface area contributed by atoms with Crippen LogP contribution < -0.4 is 19.7 Å². The maximum Gasteiger partial charge on any atom is 0.251 e. The van der Waals surface area contributed by atoms with Gasteiger partial charge in [0.05, 0.1) is 14.2 Å². The Labute approximate surface area is 152 Å². The maximum absolute atomic E-state index is 12.3. The minimum absolute atomic E-state index is 0.0656. The van der Waals surface area contributed by atoms with E-state index in [0.29, 0.717) is 30.8 Å². The van der Waals surface area contributed by atoms with Crippen molar-refractivity contribution in [2.45, 2.75) is 6.42 Å². The Kier molecular flexibility index (Phi) is 5.41. The fraction of sp³-hybridized carbons (Fsp3) is 0.300. The molecule has 1 aliphatic heterocycles. The van der Waals surface area contributed by atoms with E-state index in [9.17, 15) is 9.59 Å². The van der Waals surface area contributed by atoms with E-state index in [-0.39, 0.29) is 17.7 Å². The molecule has 3 rings (SSSR count). The third-order valence-corrected chi connectivity index (χ3v) is 4.47. The molecule has 0 bridgehead atoms. The molecule has 6 heteroatoms. The van der Waals surface area contributed by atoms with E-state index >= 15 is 0 Å². The van der Waals surface area contributed by atoms with Crippen LogP contribution in [0.4, 0.5) is 5.69 Å². The predicted molar refractivity (Wildman–Crippen MR) is 98.8 cm³/mol. The molecule has 1 fully saturated rings. The molecule has 1 heterocycles. The van der Waals surface area contributed by atoms with E-state index in [2.05, 4.69) is 5.32 Å². The first kappa shape index (κ1) is 17.8. The molecule has 1 atom stereocenters. The van der Waals surface area contributed by atoms with Crippen molar-refractivity contribution in [3.05, 3.63) is 54.1 Å². The highest BCUT2D eigenvalue weighted by molar-refractivity contribution is 5.96. The van der Waals surface area contributed by atoms with E-state index in [4.69, 9.17) is 9.47 Å². The molecular formula is C20H22N2O4. The van der Waals surface area contributed by atoms with Gasteiger partial charge in [-0.1, -0.05) is 6.07 Å². The maximum atomic E-state index is 12.3. The molecule has 0 radical (unpaired) electrons. The van der Waals surface area contributed by atoms with Crippen molar-refractivity contribution in [3.8, 4) is 11.5 Å². The molecule has 1 saturated heterocycles. The largest absolute Gasteiger partial charge is 0.497 e. The lowest BCUT2D eigenvalue weighted by molar-refractivity contribution is -0.117. The highest BCUT2D eigenvalue weighted by Gasteiger charge is 2.30. The molecule has 0 saturated carbocycles. The predicted octanol–water partition coefficient (Wildman–Crippen LogP) is 2.49. The van der Waals surface area contributed by atoms with Crippen LogP contribution >= 0.6 is 0 Å². The number of amides is 2. The summed E-state index contributed by atoms with van der Waals surface area (Å²) in [5.74, 6) is 1.37. The van der Waals surface area contributed by atoms with Gasteiger partial charge in [-0.05, 0) is 42.5 Å². The zero-order valence-electron chi connectivity index (χ0n) is 14.9. The van der Waals surface area contributed by atoms with Crippen LogP contribution in [-0.4, -0.2) is 39.1 Å². The normalized spacial score (nSPS) is 16.5. The number of nitrogens with zero attached hydrogens (tertiary/aromatic N) is 1. The highest BCUT2D eigenvalue weighted by Crippen LogP contribution is 2.26. The average molecular weight is 354 g/mol. The molecule has 26 heavy (non-hydrogen) atoms. The number of rotatable bonds is 6. The molecule has 6 nitrogen and oxygen atoms in total. The summed E-state index contributed by atoms with van der Waals surface area (Å²) in [6, 6.07) is 14.4. The van der Waals surface area contributed by atoms with Crippen molar-refractivity contribution in [3.63, 3.8) is 0 Å². The summed E-state index contributed by atoms with van der Waals surface area (Å²) in [5, 5.41) is 2.91. The fourth-order valence-electron chi connectivity index (χ4n) is 3.03. The average Bonchev–Trinajstić information content (AvgIpc) is 3.06. The monoisotopic (exact) mass is 354 g/mol. The topological polar surface area (TPSA) is 67.9 Å². The van der Waals surface area contributed by atoms with E-state index < -0.39 is 0 Å². The van der Waals surface area contributed by atoms with Gasteiger partial charge in [0.25, 0.3) is 5.91 Å². The Morgan fingerprint density at radius 3 is 2.54 bits per heavy atom. The minimum atomic E-state index is -0.167. The molecule has 0 aromatic heterocycles. The van der Waals surface area contributed by atoms with Crippen LogP contribution in [0.2, 0.25) is 0 Å². The lowest BCUT2D eigenvalue weighted by Gasteiger charge is -2.17. The molecule has 2 aromatic rings. The Morgan fingerprint density at radius 2 is 1.85 bits per heavy atom. The van der Waals surface area contributed by atoms with E-state index in [1.807, 2.05) is 24.3 Å². The van der Waals surface area contributed by atoms with Crippen molar-refractivity contribution in [2.24, 2.45) is 5.92 Å². The Bertz CT molecular complexity index is 789. The molecule has 1 N–H and O–H groups in total. The Morgan fingerprint density at radius 1 is 1.12 bits per heavy atom. The summed E-state index contributed by atoms with van der Waals surface area (Å²) in [6.07, 6.45) is 0.421. The number of hydrogen-bond donors (Lipinski definition) is 1. The van der Waals surface area contributed by atoms with Crippen molar-refractivity contribution in [1.82, 2.24) is 5.32 Å². The van der Waals surface area contributed by atoms with Gasteiger partial charge in [0.15, 0.2) is 0 Å². The zero-order valence-corrected chi connectivity index (χ0v) is 14.9. The molecule has 2 aromatic carbocycles. The van der Waals surface area contributed by atoms with Gasteiger partial charge in [-0.25, -0.2) is 0 Å². The molecular weight excluding hydrogens is 332 g/mol. The number of carbonyl (C=O) groups excluding carboxylic acids is 2. The first-order valence-electron chi connectivity index (χ1n) is 8.47. The minimum Gasteiger partial charge on any atom is -0.497 e. The lowest BCUT2D eigenvalue weighted by atomic mass is 10.1. The lowest BCUT2D eigenvalue weighted by Crippen LogP contribution is -2.31. The van der Waals surface area contributed by atoms with Gasteiger partial charge in [-0.2, -0.15) is 0 Å². The van der Waals surface area contributed by atoms with Gasteiger partial charge in [0.1, 0.15) is 11.5 Å². The second kappa shape index (κ2) is 7.91. The van der Waals surface area contributed by atoms with Gasteiger partial charge < -0.3 is 19.7 Å². The number of nitrogens with one attached hydrogen (secondary N) is 1. The Balaban J connectivity index is 1.57. The van der Waals surface area contributed by atoms with Crippen LogP contribution in [0.5, 0.6) is 11.5 Å². The van der Waals surface area contributed by atoms with Gasteiger partial charge >= 0.3 is 0 Å². The van der Waals surface area contributed by atoms with Crippen LogP contribution in [0.3, 0.4) is 0 Å². The first-order chi connectivity index (χ1) is 12.6.